The monoisotopic (exact) mass is 389 g/mol. The maximum absolute atomic E-state index is 11.4. The van der Waals surface area contributed by atoms with Gasteiger partial charge in [-0.2, -0.15) is 0 Å². The van der Waals surface area contributed by atoms with Crippen molar-refractivity contribution in [3.05, 3.63) is 59.7 Å². The third kappa shape index (κ3) is 6.92. The molecule has 0 bridgehead atoms. The van der Waals surface area contributed by atoms with E-state index in [1.165, 1.54) is 5.56 Å². The van der Waals surface area contributed by atoms with Gasteiger partial charge in [0, 0.05) is 0 Å². The summed E-state index contributed by atoms with van der Waals surface area (Å²) in [7, 11) is 3.25. The predicted octanol–water partition coefficient (Wildman–Crippen LogP) is 2.62. The Labute approximate surface area is 165 Å². The zero-order chi connectivity index (χ0) is 20.9. The maximum atomic E-state index is 11.4. The summed E-state index contributed by atoms with van der Waals surface area (Å²) < 4.78 is 15.0. The van der Waals surface area contributed by atoms with Crippen molar-refractivity contribution in [2.24, 2.45) is 5.73 Å². The maximum Gasteiger partial charge on any atom is 0.324 e. The number of aliphatic carboxylic acids is 1. The highest BCUT2D eigenvalue weighted by atomic mass is 16.5. The minimum atomic E-state index is -1.23. The lowest BCUT2D eigenvalue weighted by atomic mass is 10.00. The van der Waals surface area contributed by atoms with Crippen molar-refractivity contribution in [2.75, 3.05) is 27.4 Å². The predicted molar refractivity (Wildman–Crippen MR) is 106 cm³/mol. The van der Waals surface area contributed by atoms with Crippen LogP contribution in [0.4, 0.5) is 0 Å². The molecule has 0 aromatic heterocycles. The number of carboxylic acids is 1. The highest BCUT2D eigenvalue weighted by molar-refractivity contribution is 5.99. The number of hydrogen-bond acceptors (Lipinski definition) is 6. The molecule has 0 aliphatic heterocycles. The van der Waals surface area contributed by atoms with Crippen LogP contribution in [0.25, 0.3) is 0 Å². The number of carbonyl (C=O) groups is 2. The molecule has 1 unspecified atom stereocenters. The largest absolute Gasteiger partial charge is 0.493 e. The van der Waals surface area contributed by atoms with E-state index >= 15 is 0 Å². The van der Waals surface area contributed by atoms with Crippen LogP contribution in [0, 0.1) is 0 Å². The van der Waals surface area contributed by atoms with Crippen LogP contribution in [-0.2, 0) is 20.7 Å². The molecule has 0 aliphatic carbocycles. The van der Waals surface area contributed by atoms with Gasteiger partial charge in [0.2, 0.25) is 0 Å². The third-order valence-corrected chi connectivity index (χ3v) is 3.78. The van der Waals surface area contributed by atoms with Crippen molar-refractivity contribution in [2.45, 2.75) is 19.3 Å². The molecule has 0 radical (unpaired) electrons. The molecule has 0 saturated carbocycles. The van der Waals surface area contributed by atoms with Crippen molar-refractivity contribution in [3.8, 4) is 11.5 Å². The van der Waals surface area contributed by atoms with Crippen molar-refractivity contribution < 1.29 is 28.9 Å². The lowest BCUT2D eigenvalue weighted by Crippen LogP contribution is -2.23. The fourth-order valence-electron chi connectivity index (χ4n) is 2.45. The SMILES string of the molecule is CCOC(=O)C(C(=O)O)c1ccccc1.COc1ccc(CCN)cc1OC. The number of carbonyl (C=O) groups excluding carboxylic acids is 1. The average molecular weight is 389 g/mol. The molecule has 2 rings (SSSR count). The molecule has 2 aromatic rings. The standard InChI is InChI=1S/C11H12O4.C10H15NO2/c1-2-15-11(14)9(10(12)13)8-6-4-3-5-7-8;1-12-9-4-3-8(5-6-11)7-10(9)13-2/h3-7,9H,2H2,1H3,(H,12,13);3-4,7H,5-6,11H2,1-2H3. The van der Waals surface area contributed by atoms with E-state index in [9.17, 15) is 9.59 Å². The van der Waals surface area contributed by atoms with Gasteiger partial charge < -0.3 is 25.1 Å². The van der Waals surface area contributed by atoms with E-state index in [1.54, 1.807) is 51.5 Å². The summed E-state index contributed by atoms with van der Waals surface area (Å²) in [6, 6.07) is 14.2. The molecule has 0 spiro atoms. The van der Waals surface area contributed by atoms with Crippen LogP contribution in [0.3, 0.4) is 0 Å². The molecule has 0 heterocycles. The van der Waals surface area contributed by atoms with Gasteiger partial charge >= 0.3 is 11.9 Å². The van der Waals surface area contributed by atoms with Crippen molar-refractivity contribution in [3.63, 3.8) is 0 Å². The molecule has 7 nitrogen and oxygen atoms in total. The van der Waals surface area contributed by atoms with Gasteiger partial charge in [-0.25, -0.2) is 0 Å². The molecule has 28 heavy (non-hydrogen) atoms. The Morgan fingerprint density at radius 3 is 2.18 bits per heavy atom. The van der Waals surface area contributed by atoms with Crippen molar-refractivity contribution >= 4 is 11.9 Å². The quantitative estimate of drug-likeness (QED) is 0.528. The second kappa shape index (κ2) is 12.3. The first kappa shape index (κ1) is 23.0. The molecule has 2 aromatic carbocycles. The second-order valence-corrected chi connectivity index (χ2v) is 5.66. The van der Waals surface area contributed by atoms with Crippen LogP contribution in [0.5, 0.6) is 11.5 Å². The number of methoxy groups -OCH3 is 2. The van der Waals surface area contributed by atoms with Gasteiger partial charge in [-0.3, -0.25) is 9.59 Å². The molecule has 152 valence electrons. The lowest BCUT2D eigenvalue weighted by molar-refractivity contribution is -0.153. The van der Waals surface area contributed by atoms with Gasteiger partial charge in [0.05, 0.1) is 20.8 Å². The van der Waals surface area contributed by atoms with E-state index in [2.05, 4.69) is 0 Å². The summed E-state index contributed by atoms with van der Waals surface area (Å²) in [6.45, 7) is 2.47. The third-order valence-electron chi connectivity index (χ3n) is 3.78. The Hall–Kier alpha value is -3.06. The summed E-state index contributed by atoms with van der Waals surface area (Å²) in [5.74, 6) is -1.64. The smallest absolute Gasteiger partial charge is 0.324 e. The molecule has 0 fully saturated rings. The van der Waals surface area contributed by atoms with E-state index in [0.29, 0.717) is 12.1 Å². The van der Waals surface area contributed by atoms with Gasteiger partial charge in [0.1, 0.15) is 0 Å². The normalized spacial score (nSPS) is 10.9. The van der Waals surface area contributed by atoms with E-state index in [4.69, 9.17) is 25.1 Å². The fourth-order valence-corrected chi connectivity index (χ4v) is 2.45. The number of nitrogens with two attached hydrogens (primary N) is 1. The van der Waals surface area contributed by atoms with Crippen LogP contribution in [0.2, 0.25) is 0 Å². The summed E-state index contributed by atoms with van der Waals surface area (Å²) >= 11 is 0. The Bertz CT molecular complexity index is 748. The van der Waals surface area contributed by atoms with Gasteiger partial charge in [0.15, 0.2) is 17.4 Å². The van der Waals surface area contributed by atoms with Crippen LogP contribution < -0.4 is 15.2 Å². The number of benzene rings is 2. The van der Waals surface area contributed by atoms with Gasteiger partial charge in [-0.05, 0) is 43.1 Å². The highest BCUT2D eigenvalue weighted by Crippen LogP contribution is 2.27. The minimum absolute atomic E-state index is 0.176. The fraction of sp³-hybridized carbons (Fsp3) is 0.333. The molecule has 3 N–H and O–H groups in total. The molecule has 7 heteroatoms. The molecule has 0 aliphatic rings. The van der Waals surface area contributed by atoms with Gasteiger partial charge in [0.25, 0.3) is 0 Å². The van der Waals surface area contributed by atoms with Crippen LogP contribution >= 0.6 is 0 Å². The number of carboxylic acid groups (broad SMARTS) is 1. The van der Waals surface area contributed by atoms with E-state index < -0.39 is 17.9 Å². The summed E-state index contributed by atoms with van der Waals surface area (Å²) in [6.07, 6.45) is 0.861. The van der Waals surface area contributed by atoms with Crippen LogP contribution in [0.1, 0.15) is 24.0 Å². The summed E-state index contributed by atoms with van der Waals surface area (Å²) in [4.78, 5) is 22.3. The second-order valence-electron chi connectivity index (χ2n) is 5.66. The Morgan fingerprint density at radius 1 is 1.04 bits per heavy atom. The Balaban J connectivity index is 0.000000283. The Morgan fingerprint density at radius 2 is 1.68 bits per heavy atom. The van der Waals surface area contributed by atoms with E-state index in [1.807, 2.05) is 18.2 Å². The molecule has 0 saturated heterocycles. The molecule has 0 amide bonds. The zero-order valence-corrected chi connectivity index (χ0v) is 16.4. The van der Waals surface area contributed by atoms with Gasteiger partial charge in [-0.15, -0.1) is 0 Å². The molecular formula is C21H27NO6. The molecular weight excluding hydrogens is 362 g/mol. The summed E-state index contributed by atoms with van der Waals surface area (Å²) in [5.41, 5.74) is 7.05. The Kier molecular flexibility index (Phi) is 10.1. The lowest BCUT2D eigenvalue weighted by Gasteiger charge is -2.10. The highest BCUT2D eigenvalue weighted by Gasteiger charge is 2.29. The zero-order valence-electron chi connectivity index (χ0n) is 16.4. The van der Waals surface area contributed by atoms with Gasteiger partial charge in [-0.1, -0.05) is 36.4 Å². The number of rotatable bonds is 8. The number of esters is 1. The summed E-state index contributed by atoms with van der Waals surface area (Å²) in [5, 5.41) is 8.92. The van der Waals surface area contributed by atoms with E-state index in [-0.39, 0.29) is 6.61 Å². The van der Waals surface area contributed by atoms with E-state index in [0.717, 1.165) is 17.9 Å². The first-order chi connectivity index (χ1) is 13.5. The van der Waals surface area contributed by atoms with Crippen molar-refractivity contribution in [1.29, 1.82) is 0 Å². The average Bonchev–Trinajstić information content (AvgIpc) is 2.69. The molecule has 1 atom stereocenters. The first-order valence-corrected chi connectivity index (χ1v) is 8.83. The van der Waals surface area contributed by atoms with Crippen molar-refractivity contribution in [1.82, 2.24) is 0 Å². The first-order valence-electron chi connectivity index (χ1n) is 8.83. The number of ether oxygens (including phenoxy) is 3. The topological polar surface area (TPSA) is 108 Å². The minimum Gasteiger partial charge on any atom is -0.493 e. The van der Waals surface area contributed by atoms with Crippen LogP contribution in [0.15, 0.2) is 48.5 Å². The van der Waals surface area contributed by atoms with Crippen LogP contribution in [-0.4, -0.2) is 44.4 Å². The number of hydrogen-bond donors (Lipinski definition) is 2.